The van der Waals surface area contributed by atoms with Crippen molar-refractivity contribution in [3.8, 4) is 11.1 Å². The first kappa shape index (κ1) is 22.2. The van der Waals surface area contributed by atoms with Gasteiger partial charge in [0.25, 0.3) is 5.56 Å². The monoisotopic (exact) mass is 447 g/mol. The summed E-state index contributed by atoms with van der Waals surface area (Å²) in [6.07, 6.45) is 0. The van der Waals surface area contributed by atoms with Crippen molar-refractivity contribution in [1.82, 2.24) is 4.57 Å². The van der Waals surface area contributed by atoms with Gasteiger partial charge in [0.2, 0.25) is 0 Å². The zero-order chi connectivity index (χ0) is 23.9. The molecule has 3 aromatic carbocycles. The Balaban J connectivity index is 1.92. The number of carbonyl (C=O) groups excluding carboxylic acids is 1. The number of halogens is 2. The predicted molar refractivity (Wildman–Crippen MR) is 128 cm³/mol. The number of pyridine rings is 1. The number of carbonyl (C=O) groups is 1. The summed E-state index contributed by atoms with van der Waals surface area (Å²) >= 11 is 0. The van der Waals surface area contributed by atoms with Gasteiger partial charge in [-0.1, -0.05) is 30.3 Å². The number of hydrogen-bond donors (Lipinski definition) is 2. The van der Waals surface area contributed by atoms with Crippen molar-refractivity contribution in [3.63, 3.8) is 0 Å². The lowest BCUT2D eigenvalue weighted by atomic mass is 9.93. The van der Waals surface area contributed by atoms with Gasteiger partial charge in [0.05, 0.1) is 5.69 Å². The van der Waals surface area contributed by atoms with Crippen molar-refractivity contribution in [2.24, 2.45) is 7.05 Å². The summed E-state index contributed by atoms with van der Waals surface area (Å²) in [7, 11) is 1.58. The normalized spacial score (nSPS) is 11.0. The molecule has 0 saturated carbocycles. The van der Waals surface area contributed by atoms with E-state index in [1.807, 2.05) is 57.2 Å². The molecule has 0 atom stereocenters. The van der Waals surface area contributed by atoms with E-state index < -0.39 is 17.7 Å². The van der Waals surface area contributed by atoms with Crippen LogP contribution in [0.1, 0.15) is 16.7 Å². The lowest BCUT2D eigenvalue weighted by Gasteiger charge is -2.20. The molecule has 0 aliphatic rings. The van der Waals surface area contributed by atoms with Crippen LogP contribution in [0.5, 0.6) is 0 Å². The maximum atomic E-state index is 14.0. The zero-order valence-electron chi connectivity index (χ0n) is 18.7. The molecule has 168 valence electrons. The average Bonchev–Trinajstić information content (AvgIpc) is 2.76. The summed E-state index contributed by atoms with van der Waals surface area (Å²) < 4.78 is 28.6. The van der Waals surface area contributed by atoms with E-state index in [2.05, 4.69) is 10.6 Å². The van der Waals surface area contributed by atoms with Gasteiger partial charge in [0.1, 0.15) is 17.5 Å². The highest BCUT2D eigenvalue weighted by Crippen LogP contribution is 2.36. The molecular weight excluding hydrogens is 424 g/mol. The second-order valence-corrected chi connectivity index (χ2v) is 8.09. The predicted octanol–water partition coefficient (Wildman–Crippen LogP) is 6.05. The van der Waals surface area contributed by atoms with Crippen LogP contribution in [0.25, 0.3) is 21.9 Å². The third-order valence-corrected chi connectivity index (χ3v) is 5.84. The first-order valence-corrected chi connectivity index (χ1v) is 10.4. The summed E-state index contributed by atoms with van der Waals surface area (Å²) in [5.41, 5.74) is 4.04. The van der Waals surface area contributed by atoms with Crippen LogP contribution in [0.4, 0.5) is 25.1 Å². The number of nitrogens with zero attached hydrogens (tertiary/aromatic N) is 1. The highest BCUT2D eigenvalue weighted by molar-refractivity contribution is 6.08. The number of hydrogen-bond acceptors (Lipinski definition) is 2. The van der Waals surface area contributed by atoms with Gasteiger partial charge >= 0.3 is 6.03 Å². The maximum absolute atomic E-state index is 14.0. The summed E-state index contributed by atoms with van der Waals surface area (Å²) in [5.74, 6) is -1.38. The number of aromatic nitrogens is 1. The van der Waals surface area contributed by atoms with Gasteiger partial charge in [-0.05, 0) is 66.6 Å². The Morgan fingerprint density at radius 2 is 1.52 bits per heavy atom. The minimum atomic E-state index is -0.900. The molecule has 0 saturated heterocycles. The van der Waals surface area contributed by atoms with E-state index in [1.54, 1.807) is 7.05 Å². The Labute approximate surface area is 189 Å². The van der Waals surface area contributed by atoms with Crippen LogP contribution in [0.3, 0.4) is 0 Å². The van der Waals surface area contributed by atoms with Crippen LogP contribution in [0.2, 0.25) is 0 Å². The molecule has 2 N–H and O–H groups in total. The molecule has 7 heteroatoms. The van der Waals surface area contributed by atoms with Crippen LogP contribution < -0.4 is 16.2 Å². The van der Waals surface area contributed by atoms with Gasteiger partial charge in [0.15, 0.2) is 0 Å². The lowest BCUT2D eigenvalue weighted by molar-refractivity contribution is 0.262. The van der Waals surface area contributed by atoms with Crippen molar-refractivity contribution in [3.05, 3.63) is 93.3 Å². The molecular formula is C26H23F2N3O2. The van der Waals surface area contributed by atoms with E-state index in [1.165, 1.54) is 4.57 Å². The highest BCUT2D eigenvalue weighted by Gasteiger charge is 2.20. The number of nitrogens with one attached hydrogen (secondary N) is 2. The molecule has 1 aromatic heterocycles. The van der Waals surface area contributed by atoms with Crippen molar-refractivity contribution in [1.29, 1.82) is 0 Å². The topological polar surface area (TPSA) is 63.1 Å². The molecule has 0 radical (unpaired) electrons. The van der Waals surface area contributed by atoms with Crippen LogP contribution in [-0.4, -0.2) is 10.6 Å². The van der Waals surface area contributed by atoms with E-state index in [0.29, 0.717) is 22.4 Å². The third kappa shape index (κ3) is 4.09. The van der Waals surface area contributed by atoms with E-state index in [9.17, 15) is 18.4 Å². The van der Waals surface area contributed by atoms with Crippen molar-refractivity contribution in [2.45, 2.75) is 20.8 Å². The Morgan fingerprint density at radius 1 is 0.848 bits per heavy atom. The maximum Gasteiger partial charge on any atom is 0.324 e. The van der Waals surface area contributed by atoms with E-state index in [4.69, 9.17) is 0 Å². The largest absolute Gasteiger partial charge is 0.324 e. The van der Waals surface area contributed by atoms with E-state index in [0.717, 1.165) is 34.4 Å². The van der Waals surface area contributed by atoms with Crippen molar-refractivity contribution < 1.29 is 13.6 Å². The third-order valence-electron chi connectivity index (χ3n) is 5.84. The number of aryl methyl sites for hydroxylation is 3. The molecule has 0 bridgehead atoms. The first-order valence-electron chi connectivity index (χ1n) is 10.4. The molecule has 0 aliphatic heterocycles. The molecule has 0 aliphatic carbocycles. The minimum absolute atomic E-state index is 0.177. The van der Waals surface area contributed by atoms with E-state index in [-0.39, 0.29) is 17.1 Å². The Hall–Kier alpha value is -4.00. The number of urea groups is 1. The fraction of sp³-hybridized carbons (Fsp3) is 0.154. The second-order valence-electron chi connectivity index (χ2n) is 8.09. The number of fused-ring (bicyclic) bond motifs is 1. The summed E-state index contributed by atoms with van der Waals surface area (Å²) in [4.78, 5) is 26.0. The smallest absolute Gasteiger partial charge is 0.305 e. The zero-order valence-corrected chi connectivity index (χ0v) is 18.7. The fourth-order valence-electron chi connectivity index (χ4n) is 3.90. The Bertz CT molecular complexity index is 1480. The molecule has 4 rings (SSSR count). The summed E-state index contributed by atoms with van der Waals surface area (Å²) in [5, 5.41) is 6.35. The standard InChI is InChI=1S/C26H23F2N3O2/c1-14-7-5-6-8-18(14)23-19-11-15(2)16(3)12-20(19)25(32)31(4)24(23)30-26(33)29-22-10-9-17(27)13-21(22)28/h5-13H,1-4H3,(H2,29,30,33). The Kier molecular flexibility index (Phi) is 5.72. The molecule has 4 aromatic rings. The number of rotatable bonds is 3. The average molecular weight is 447 g/mol. The quantitative estimate of drug-likeness (QED) is 0.401. The van der Waals surface area contributed by atoms with Crippen molar-refractivity contribution >= 4 is 28.3 Å². The van der Waals surface area contributed by atoms with Gasteiger partial charge in [-0.3, -0.25) is 14.7 Å². The lowest BCUT2D eigenvalue weighted by Crippen LogP contribution is -2.27. The Morgan fingerprint density at radius 3 is 2.18 bits per heavy atom. The molecule has 2 amide bonds. The second kappa shape index (κ2) is 8.50. The minimum Gasteiger partial charge on any atom is -0.305 e. The molecule has 0 fully saturated rings. The summed E-state index contributed by atoms with van der Waals surface area (Å²) in [6.45, 7) is 5.86. The molecule has 0 unspecified atom stereocenters. The van der Waals surface area contributed by atoms with Crippen LogP contribution >= 0.6 is 0 Å². The van der Waals surface area contributed by atoms with Crippen LogP contribution in [0, 0.1) is 32.4 Å². The van der Waals surface area contributed by atoms with Gasteiger partial charge < -0.3 is 5.32 Å². The number of benzene rings is 3. The molecule has 5 nitrogen and oxygen atoms in total. The molecule has 33 heavy (non-hydrogen) atoms. The number of amides is 2. The van der Waals surface area contributed by atoms with Crippen molar-refractivity contribution in [2.75, 3.05) is 10.6 Å². The SMILES string of the molecule is Cc1cc2c(-c3ccccc3C)c(NC(=O)Nc3ccc(F)cc3F)n(C)c(=O)c2cc1C. The van der Waals surface area contributed by atoms with E-state index >= 15 is 0 Å². The fourth-order valence-corrected chi connectivity index (χ4v) is 3.90. The highest BCUT2D eigenvalue weighted by atomic mass is 19.1. The summed E-state index contributed by atoms with van der Waals surface area (Å²) in [6, 6.07) is 13.6. The van der Waals surface area contributed by atoms with Crippen LogP contribution in [0.15, 0.2) is 59.4 Å². The van der Waals surface area contributed by atoms with Gasteiger partial charge in [-0.15, -0.1) is 0 Å². The van der Waals surface area contributed by atoms with Crippen LogP contribution in [-0.2, 0) is 7.05 Å². The first-order chi connectivity index (χ1) is 15.7. The molecule has 0 spiro atoms. The molecule has 1 heterocycles. The van der Waals surface area contributed by atoms with Gasteiger partial charge in [-0.25, -0.2) is 13.6 Å². The van der Waals surface area contributed by atoms with Gasteiger partial charge in [-0.2, -0.15) is 0 Å². The van der Waals surface area contributed by atoms with Gasteiger partial charge in [0, 0.05) is 24.1 Å². The number of anilines is 2.